The van der Waals surface area contributed by atoms with Gasteiger partial charge in [-0.05, 0) is 49.2 Å². The minimum absolute atomic E-state index is 0.151. The maximum Gasteiger partial charge on any atom is 0.267 e. The van der Waals surface area contributed by atoms with Gasteiger partial charge in [-0.1, -0.05) is 41.8 Å². The number of fused-ring (bicyclic) bond motifs is 1. The Morgan fingerprint density at radius 1 is 1.03 bits per heavy atom. The van der Waals surface area contributed by atoms with Crippen LogP contribution in [-0.2, 0) is 0 Å². The van der Waals surface area contributed by atoms with Crippen molar-refractivity contribution >= 4 is 34.1 Å². The van der Waals surface area contributed by atoms with Crippen LogP contribution < -0.4 is 16.6 Å². The monoisotopic (exact) mass is 511 g/mol. The van der Waals surface area contributed by atoms with E-state index in [1.165, 1.54) is 23.0 Å². The van der Waals surface area contributed by atoms with Crippen LogP contribution in [0.1, 0.15) is 30.0 Å². The molecule has 0 saturated carbocycles. The van der Waals surface area contributed by atoms with Gasteiger partial charge in [-0.3, -0.25) is 9.36 Å². The standard InChI is InChI=1S/C27H19ClFN7O/c1-16(34-25-20(24(30)32-15-33-25)13-12-18-11-10-17(29)14-31-18)26-35-22-9-5-8-21(28)23(22)27(37)36(26)19-6-3-2-4-7-19/h2-11,14-16H,1H3,(H3,30,32,33,34). The van der Waals surface area contributed by atoms with E-state index in [1.54, 1.807) is 18.2 Å². The Bertz CT molecular complexity index is 1730. The van der Waals surface area contributed by atoms with Crippen molar-refractivity contribution in [1.29, 1.82) is 0 Å². The number of nitrogens with two attached hydrogens (primary N) is 1. The molecule has 1 unspecified atom stereocenters. The number of halogens is 2. The third-order valence-electron chi connectivity index (χ3n) is 5.55. The minimum atomic E-state index is -0.518. The third kappa shape index (κ3) is 4.83. The lowest BCUT2D eigenvalue weighted by molar-refractivity contribution is 0.621. The second-order valence-corrected chi connectivity index (χ2v) is 8.45. The van der Waals surface area contributed by atoms with Crippen molar-refractivity contribution in [2.75, 3.05) is 11.1 Å². The Morgan fingerprint density at radius 2 is 1.84 bits per heavy atom. The van der Waals surface area contributed by atoms with Gasteiger partial charge in [-0.15, -0.1) is 0 Å². The Hall–Kier alpha value is -4.81. The summed E-state index contributed by atoms with van der Waals surface area (Å²) in [6.45, 7) is 1.84. The third-order valence-corrected chi connectivity index (χ3v) is 5.86. The van der Waals surface area contributed by atoms with Gasteiger partial charge in [0, 0.05) is 0 Å². The van der Waals surface area contributed by atoms with Gasteiger partial charge in [0.15, 0.2) is 0 Å². The highest BCUT2D eigenvalue weighted by atomic mass is 35.5. The summed E-state index contributed by atoms with van der Waals surface area (Å²) in [5, 5.41) is 3.91. The molecule has 10 heteroatoms. The molecular formula is C27H19ClFN7O. The number of aromatic nitrogens is 5. The number of nitrogens with one attached hydrogen (secondary N) is 1. The summed E-state index contributed by atoms with van der Waals surface area (Å²) in [5.74, 6) is 6.23. The van der Waals surface area contributed by atoms with Crippen molar-refractivity contribution in [3.05, 3.63) is 111 Å². The summed E-state index contributed by atoms with van der Waals surface area (Å²) in [6.07, 6.45) is 2.39. The van der Waals surface area contributed by atoms with E-state index in [4.69, 9.17) is 22.3 Å². The predicted molar refractivity (Wildman–Crippen MR) is 141 cm³/mol. The van der Waals surface area contributed by atoms with Gasteiger partial charge in [0.2, 0.25) is 0 Å². The summed E-state index contributed by atoms with van der Waals surface area (Å²) in [5.41, 5.74) is 7.60. The topological polar surface area (TPSA) is 112 Å². The van der Waals surface area contributed by atoms with Crippen LogP contribution >= 0.6 is 11.6 Å². The van der Waals surface area contributed by atoms with Crippen molar-refractivity contribution in [2.45, 2.75) is 13.0 Å². The number of benzene rings is 2. The molecule has 5 aromatic rings. The number of hydrogen-bond donors (Lipinski definition) is 2. The quantitative estimate of drug-likeness (QED) is 0.341. The SMILES string of the molecule is CC(Nc1ncnc(N)c1C#Cc1ccc(F)cn1)c1nc2cccc(Cl)c2c(=O)n1-c1ccccc1. The number of anilines is 2. The van der Waals surface area contributed by atoms with Crippen LogP contribution in [0.15, 0.2) is 78.0 Å². The Kier molecular flexibility index (Phi) is 6.49. The molecule has 8 nitrogen and oxygen atoms in total. The zero-order valence-electron chi connectivity index (χ0n) is 19.5. The highest BCUT2D eigenvalue weighted by Crippen LogP contribution is 2.26. The first-order valence-corrected chi connectivity index (χ1v) is 11.6. The van der Waals surface area contributed by atoms with E-state index in [0.717, 1.165) is 6.20 Å². The van der Waals surface area contributed by atoms with E-state index in [2.05, 4.69) is 32.1 Å². The molecule has 2 aromatic carbocycles. The fraction of sp³-hybridized carbons (Fsp3) is 0.0741. The molecule has 3 N–H and O–H groups in total. The number of rotatable bonds is 4. The number of para-hydroxylation sites is 1. The molecular weight excluding hydrogens is 493 g/mol. The Labute approximate surface area is 216 Å². The minimum Gasteiger partial charge on any atom is -0.382 e. The second-order valence-electron chi connectivity index (χ2n) is 8.04. The summed E-state index contributed by atoms with van der Waals surface area (Å²) in [4.78, 5) is 30.7. The molecule has 0 aliphatic heterocycles. The number of pyridine rings is 1. The largest absolute Gasteiger partial charge is 0.382 e. The van der Waals surface area contributed by atoms with Gasteiger partial charge >= 0.3 is 0 Å². The van der Waals surface area contributed by atoms with Crippen LogP contribution in [0, 0.1) is 17.7 Å². The zero-order valence-corrected chi connectivity index (χ0v) is 20.2. The molecule has 0 aliphatic rings. The van der Waals surface area contributed by atoms with Crippen LogP contribution in [0.3, 0.4) is 0 Å². The van der Waals surface area contributed by atoms with E-state index >= 15 is 0 Å². The van der Waals surface area contributed by atoms with E-state index in [1.807, 2.05) is 37.3 Å². The maximum atomic E-state index is 13.6. The van der Waals surface area contributed by atoms with Crippen molar-refractivity contribution in [3.63, 3.8) is 0 Å². The Balaban J connectivity index is 1.61. The first kappa shape index (κ1) is 23.9. The molecule has 5 rings (SSSR count). The van der Waals surface area contributed by atoms with E-state index in [0.29, 0.717) is 44.5 Å². The van der Waals surface area contributed by atoms with Crippen molar-refractivity contribution in [3.8, 4) is 17.5 Å². The maximum absolute atomic E-state index is 13.6. The van der Waals surface area contributed by atoms with E-state index in [-0.39, 0.29) is 11.4 Å². The highest BCUT2D eigenvalue weighted by Gasteiger charge is 2.21. The molecule has 182 valence electrons. The fourth-order valence-electron chi connectivity index (χ4n) is 3.80. The predicted octanol–water partition coefficient (Wildman–Crippen LogP) is 4.52. The molecule has 0 aliphatic carbocycles. The lowest BCUT2D eigenvalue weighted by Gasteiger charge is -2.21. The molecule has 3 heterocycles. The molecule has 0 amide bonds. The fourth-order valence-corrected chi connectivity index (χ4v) is 4.05. The Morgan fingerprint density at radius 3 is 2.59 bits per heavy atom. The molecule has 0 spiro atoms. The van der Waals surface area contributed by atoms with Gasteiger partial charge in [-0.2, -0.15) is 0 Å². The summed E-state index contributed by atoms with van der Waals surface area (Å²) in [7, 11) is 0. The molecule has 1 atom stereocenters. The first-order chi connectivity index (χ1) is 17.9. The average molecular weight is 512 g/mol. The van der Waals surface area contributed by atoms with Gasteiger partial charge in [0.25, 0.3) is 5.56 Å². The zero-order chi connectivity index (χ0) is 25.9. The molecule has 37 heavy (non-hydrogen) atoms. The molecule has 0 bridgehead atoms. The summed E-state index contributed by atoms with van der Waals surface area (Å²) < 4.78 is 14.7. The number of nitrogens with zero attached hydrogens (tertiary/aromatic N) is 5. The first-order valence-electron chi connectivity index (χ1n) is 11.2. The number of hydrogen-bond acceptors (Lipinski definition) is 7. The summed E-state index contributed by atoms with van der Waals surface area (Å²) >= 11 is 6.37. The second kappa shape index (κ2) is 10.0. The highest BCUT2D eigenvalue weighted by molar-refractivity contribution is 6.35. The van der Waals surface area contributed by atoms with Crippen molar-refractivity contribution in [1.82, 2.24) is 24.5 Å². The van der Waals surface area contributed by atoms with Crippen molar-refractivity contribution < 1.29 is 4.39 Å². The normalized spacial score (nSPS) is 11.5. The molecule has 0 saturated heterocycles. The van der Waals surface area contributed by atoms with Gasteiger partial charge in [-0.25, -0.2) is 24.3 Å². The van der Waals surface area contributed by atoms with Gasteiger partial charge < -0.3 is 11.1 Å². The molecule has 0 fully saturated rings. The van der Waals surface area contributed by atoms with Crippen LogP contribution in [0.25, 0.3) is 16.6 Å². The van der Waals surface area contributed by atoms with E-state index in [9.17, 15) is 9.18 Å². The lowest BCUT2D eigenvalue weighted by atomic mass is 10.2. The molecule has 0 radical (unpaired) electrons. The van der Waals surface area contributed by atoms with Gasteiger partial charge in [0.05, 0.1) is 33.9 Å². The van der Waals surface area contributed by atoms with Crippen LogP contribution in [-0.4, -0.2) is 24.5 Å². The van der Waals surface area contributed by atoms with E-state index < -0.39 is 11.9 Å². The average Bonchev–Trinajstić information content (AvgIpc) is 2.89. The van der Waals surface area contributed by atoms with Crippen LogP contribution in [0.4, 0.5) is 16.0 Å². The summed E-state index contributed by atoms with van der Waals surface area (Å²) in [6, 6.07) is 16.5. The van der Waals surface area contributed by atoms with Crippen molar-refractivity contribution in [2.24, 2.45) is 0 Å². The smallest absolute Gasteiger partial charge is 0.267 e. The van der Waals surface area contributed by atoms with Crippen LogP contribution in [0.2, 0.25) is 5.02 Å². The van der Waals surface area contributed by atoms with Gasteiger partial charge in [0.1, 0.15) is 40.9 Å². The number of nitrogen functional groups attached to an aromatic ring is 1. The lowest BCUT2D eigenvalue weighted by Crippen LogP contribution is -2.27. The molecule has 3 aromatic heterocycles. The van der Waals surface area contributed by atoms with Crippen LogP contribution in [0.5, 0.6) is 0 Å².